The highest BCUT2D eigenvalue weighted by Gasteiger charge is 2.26. The van der Waals surface area contributed by atoms with Crippen molar-refractivity contribution in [1.29, 1.82) is 0 Å². The number of carbonyl (C=O) groups is 1. The maximum Gasteiger partial charge on any atom is 0.349 e. The molecule has 9 heteroatoms. The highest BCUT2D eigenvalue weighted by atomic mass is 35.5. The fourth-order valence-electron chi connectivity index (χ4n) is 5.00. The van der Waals surface area contributed by atoms with E-state index in [4.69, 9.17) is 16.3 Å². The Hall–Kier alpha value is -3.62. The van der Waals surface area contributed by atoms with Crippen LogP contribution < -0.4 is 10.4 Å². The Morgan fingerprint density at radius 1 is 1.07 bits per heavy atom. The molecule has 4 aromatic rings. The lowest BCUT2D eigenvalue weighted by molar-refractivity contribution is 0.0662. The van der Waals surface area contributed by atoms with Gasteiger partial charge in [-0.2, -0.15) is 9.61 Å². The monoisotopic (exact) mass is 563 g/mol. The van der Waals surface area contributed by atoms with Gasteiger partial charge in [0.2, 0.25) is 0 Å². The van der Waals surface area contributed by atoms with Gasteiger partial charge in [0.05, 0.1) is 29.9 Å². The zero-order chi connectivity index (χ0) is 28.8. The van der Waals surface area contributed by atoms with E-state index in [2.05, 4.69) is 16.9 Å². The first kappa shape index (κ1) is 29.4. The quantitative estimate of drug-likeness (QED) is 0.244. The second kappa shape index (κ2) is 13.2. The number of halogens is 1. The maximum absolute atomic E-state index is 13.9. The Morgan fingerprint density at radius 2 is 1.77 bits per heavy atom. The van der Waals surface area contributed by atoms with Crippen molar-refractivity contribution in [2.75, 3.05) is 34.3 Å². The third-order valence-electron chi connectivity index (χ3n) is 7.23. The number of rotatable bonds is 12. The molecule has 0 aliphatic carbocycles. The minimum absolute atomic E-state index is 0.0375. The summed E-state index contributed by atoms with van der Waals surface area (Å²) in [5, 5.41) is 4.87. The molecular weight excluding hydrogens is 526 g/mol. The average molecular weight is 564 g/mol. The zero-order valence-corrected chi connectivity index (χ0v) is 24.7. The summed E-state index contributed by atoms with van der Waals surface area (Å²) in [4.78, 5) is 31.7. The largest absolute Gasteiger partial charge is 0.497 e. The van der Waals surface area contributed by atoms with Crippen LogP contribution in [0.4, 0.5) is 0 Å². The molecule has 212 valence electrons. The lowest BCUT2D eigenvalue weighted by atomic mass is 10.0. The Bertz CT molecular complexity index is 1500. The molecule has 2 aromatic heterocycles. The van der Waals surface area contributed by atoms with Crippen LogP contribution in [-0.4, -0.2) is 70.2 Å². The van der Waals surface area contributed by atoms with E-state index in [1.54, 1.807) is 30.7 Å². The Kier molecular flexibility index (Phi) is 9.66. The number of amides is 1. The predicted molar refractivity (Wildman–Crippen MR) is 160 cm³/mol. The van der Waals surface area contributed by atoms with Gasteiger partial charge in [-0.1, -0.05) is 48.9 Å². The fraction of sp³-hybridized carbons (Fsp3) is 0.387. The molecule has 0 aliphatic heterocycles. The molecule has 0 aliphatic rings. The van der Waals surface area contributed by atoms with Gasteiger partial charge in [-0.3, -0.25) is 9.36 Å². The molecular formula is C31H38ClN5O3. The zero-order valence-electron chi connectivity index (χ0n) is 23.9. The van der Waals surface area contributed by atoms with Gasteiger partial charge in [0.25, 0.3) is 5.91 Å². The number of aromatic nitrogens is 3. The first-order valence-corrected chi connectivity index (χ1v) is 14.0. The van der Waals surface area contributed by atoms with Crippen molar-refractivity contribution in [3.8, 4) is 5.75 Å². The second-order valence-electron chi connectivity index (χ2n) is 10.3. The molecule has 0 saturated carbocycles. The molecule has 8 nitrogen and oxygen atoms in total. The number of nitrogens with zero attached hydrogens (tertiary/aromatic N) is 5. The van der Waals surface area contributed by atoms with Gasteiger partial charge in [0.15, 0.2) is 0 Å². The fourth-order valence-corrected chi connectivity index (χ4v) is 5.17. The van der Waals surface area contributed by atoms with Gasteiger partial charge in [-0.25, -0.2) is 4.79 Å². The highest BCUT2D eigenvalue weighted by molar-refractivity contribution is 6.34. The maximum atomic E-state index is 13.9. The number of aryl methyl sites for hydroxylation is 1. The molecule has 1 atom stereocenters. The van der Waals surface area contributed by atoms with Crippen LogP contribution in [0.1, 0.15) is 47.1 Å². The molecule has 1 unspecified atom stereocenters. The van der Waals surface area contributed by atoms with Crippen molar-refractivity contribution in [2.24, 2.45) is 0 Å². The van der Waals surface area contributed by atoms with Crippen LogP contribution in [0.15, 0.2) is 65.5 Å². The van der Waals surface area contributed by atoms with E-state index in [-0.39, 0.29) is 17.6 Å². The molecule has 2 aromatic carbocycles. The van der Waals surface area contributed by atoms with Crippen molar-refractivity contribution in [3.05, 3.63) is 98.7 Å². The number of hydrogen-bond donors (Lipinski definition) is 0. The minimum Gasteiger partial charge on any atom is -0.497 e. The summed E-state index contributed by atoms with van der Waals surface area (Å²) in [6.07, 6.45) is 2.05. The SMILES string of the molecule is CCC(Cc1cc2c(Cl)c(C)nn2c(=O)n1Cc1ccccc1)N(CCCN(C)C)C(=O)c1ccc(OC)cc1. The van der Waals surface area contributed by atoms with Crippen LogP contribution in [0.2, 0.25) is 5.02 Å². The lowest BCUT2D eigenvalue weighted by Crippen LogP contribution is -2.44. The Morgan fingerprint density at radius 3 is 2.40 bits per heavy atom. The number of methoxy groups -OCH3 is 1. The summed E-state index contributed by atoms with van der Waals surface area (Å²) in [6.45, 7) is 5.73. The van der Waals surface area contributed by atoms with E-state index in [9.17, 15) is 9.59 Å². The van der Waals surface area contributed by atoms with Gasteiger partial charge < -0.3 is 14.5 Å². The first-order chi connectivity index (χ1) is 19.2. The van der Waals surface area contributed by atoms with E-state index >= 15 is 0 Å². The summed E-state index contributed by atoms with van der Waals surface area (Å²) in [6, 6.07) is 18.9. The van der Waals surface area contributed by atoms with E-state index < -0.39 is 0 Å². The van der Waals surface area contributed by atoms with Crippen molar-refractivity contribution in [2.45, 2.75) is 45.7 Å². The van der Waals surface area contributed by atoms with Gasteiger partial charge in [0, 0.05) is 30.3 Å². The Balaban J connectivity index is 1.75. The number of benzene rings is 2. The minimum atomic E-state index is -0.248. The van der Waals surface area contributed by atoms with Crippen LogP contribution >= 0.6 is 11.6 Å². The van der Waals surface area contributed by atoms with Crippen LogP contribution in [0.5, 0.6) is 5.75 Å². The van der Waals surface area contributed by atoms with E-state index in [1.807, 2.05) is 67.5 Å². The molecule has 0 spiro atoms. The van der Waals surface area contributed by atoms with Crippen LogP contribution in [-0.2, 0) is 13.0 Å². The van der Waals surface area contributed by atoms with Crippen molar-refractivity contribution in [3.63, 3.8) is 0 Å². The van der Waals surface area contributed by atoms with E-state index in [0.29, 0.717) is 47.1 Å². The average Bonchev–Trinajstić information content (AvgIpc) is 3.25. The number of hydrogen-bond acceptors (Lipinski definition) is 5. The molecule has 0 radical (unpaired) electrons. The summed E-state index contributed by atoms with van der Waals surface area (Å²) >= 11 is 6.57. The molecule has 0 bridgehead atoms. The first-order valence-electron chi connectivity index (χ1n) is 13.6. The van der Waals surface area contributed by atoms with E-state index in [0.717, 1.165) is 30.6 Å². The highest BCUT2D eigenvalue weighted by Crippen LogP contribution is 2.24. The van der Waals surface area contributed by atoms with Crippen LogP contribution in [0.3, 0.4) is 0 Å². The summed E-state index contributed by atoms with van der Waals surface area (Å²) in [5.41, 5.74) is 3.37. The van der Waals surface area contributed by atoms with Gasteiger partial charge in [-0.05, 0) is 76.3 Å². The number of carbonyl (C=O) groups excluding carboxylic acids is 1. The molecule has 0 fully saturated rings. The third-order valence-corrected chi connectivity index (χ3v) is 7.69. The van der Waals surface area contributed by atoms with Crippen molar-refractivity contribution in [1.82, 2.24) is 24.0 Å². The molecule has 2 heterocycles. The molecule has 0 saturated heterocycles. The molecule has 40 heavy (non-hydrogen) atoms. The summed E-state index contributed by atoms with van der Waals surface area (Å²) < 4.78 is 8.42. The second-order valence-corrected chi connectivity index (χ2v) is 10.7. The topological polar surface area (TPSA) is 72.1 Å². The molecule has 0 N–H and O–H groups in total. The molecule has 1 amide bonds. The van der Waals surface area contributed by atoms with Crippen molar-refractivity contribution >= 4 is 23.0 Å². The number of ether oxygens (including phenoxy) is 1. The molecule has 4 rings (SSSR count). The number of fused-ring (bicyclic) bond motifs is 1. The third kappa shape index (κ3) is 6.57. The summed E-state index contributed by atoms with van der Waals surface area (Å²) in [7, 11) is 5.67. The van der Waals surface area contributed by atoms with Crippen LogP contribution in [0.25, 0.3) is 5.52 Å². The van der Waals surface area contributed by atoms with Gasteiger partial charge in [0.1, 0.15) is 5.75 Å². The lowest BCUT2D eigenvalue weighted by Gasteiger charge is -2.32. The van der Waals surface area contributed by atoms with Gasteiger partial charge >= 0.3 is 5.69 Å². The summed E-state index contributed by atoms with van der Waals surface area (Å²) in [5.74, 6) is 0.665. The Labute approximate surface area is 240 Å². The van der Waals surface area contributed by atoms with Crippen molar-refractivity contribution < 1.29 is 9.53 Å². The predicted octanol–water partition coefficient (Wildman–Crippen LogP) is 4.93. The normalized spacial score (nSPS) is 12.2. The van der Waals surface area contributed by atoms with Crippen LogP contribution in [0, 0.1) is 6.92 Å². The standard InChI is InChI=1S/C31H38ClN5O3/c1-6-25(35(18-10-17-34(3)4)30(38)24-13-15-27(40-5)16-14-24)19-26-20-28-29(32)22(2)33-37(28)31(39)36(26)21-23-11-8-7-9-12-23/h7-9,11-16,20,25H,6,10,17-19,21H2,1-5H3. The smallest absolute Gasteiger partial charge is 0.349 e. The van der Waals surface area contributed by atoms with E-state index in [1.165, 1.54) is 4.52 Å². The van der Waals surface area contributed by atoms with Gasteiger partial charge in [-0.15, -0.1) is 0 Å².